The number of anilines is 1. The maximum atomic E-state index is 13.6. The molecule has 1 N–H and O–H groups in total. The molecule has 0 bridgehead atoms. The predicted octanol–water partition coefficient (Wildman–Crippen LogP) is 4.54. The van der Waals surface area contributed by atoms with Crippen LogP contribution in [0.1, 0.15) is 39.0 Å². The van der Waals surface area contributed by atoms with Gasteiger partial charge in [-0.2, -0.15) is 0 Å². The van der Waals surface area contributed by atoms with E-state index in [0.29, 0.717) is 35.7 Å². The van der Waals surface area contributed by atoms with Gasteiger partial charge in [0.1, 0.15) is 23.0 Å². The molecule has 8 nitrogen and oxygen atoms in total. The van der Waals surface area contributed by atoms with Crippen molar-refractivity contribution in [3.63, 3.8) is 0 Å². The zero-order chi connectivity index (χ0) is 27.4. The highest BCUT2D eigenvalue weighted by Crippen LogP contribution is 2.27. The van der Waals surface area contributed by atoms with E-state index in [9.17, 15) is 23.7 Å². The third-order valence-electron chi connectivity index (χ3n) is 6.36. The molecule has 0 spiro atoms. The summed E-state index contributed by atoms with van der Waals surface area (Å²) in [4.78, 5) is 32.8. The van der Waals surface area contributed by atoms with Gasteiger partial charge in [0.15, 0.2) is 0 Å². The number of hydrogen-bond acceptors (Lipinski definition) is 6. The first-order valence-corrected chi connectivity index (χ1v) is 12.2. The van der Waals surface area contributed by atoms with E-state index in [-0.39, 0.29) is 17.7 Å². The Morgan fingerprint density at radius 1 is 1.00 bits per heavy atom. The average molecular weight is 522 g/mol. The topological polar surface area (TPSA) is 91.1 Å². The third kappa shape index (κ3) is 6.38. The number of amidine groups is 1. The number of nitrogens with one attached hydrogen (secondary N) is 1. The number of aliphatic imine (C=N–C) groups is 1. The van der Waals surface area contributed by atoms with E-state index in [2.05, 4.69) is 15.2 Å². The Balaban J connectivity index is 1.51. The van der Waals surface area contributed by atoms with Crippen LogP contribution in [-0.4, -0.2) is 55.8 Å². The van der Waals surface area contributed by atoms with Crippen LogP contribution in [0.2, 0.25) is 0 Å². The van der Waals surface area contributed by atoms with Crippen LogP contribution in [0, 0.1) is 21.7 Å². The lowest BCUT2D eigenvalue weighted by atomic mass is 9.99. The maximum Gasteiger partial charge on any atom is 0.284 e. The molecule has 3 aromatic rings. The number of nitro groups is 1. The van der Waals surface area contributed by atoms with Crippen LogP contribution in [0.25, 0.3) is 0 Å². The molecule has 198 valence electrons. The van der Waals surface area contributed by atoms with Gasteiger partial charge in [-0.15, -0.1) is 0 Å². The molecule has 10 heteroatoms. The number of amides is 1. The lowest BCUT2D eigenvalue weighted by Crippen LogP contribution is -2.31. The van der Waals surface area contributed by atoms with Crippen molar-refractivity contribution in [3.05, 3.63) is 104 Å². The molecule has 0 saturated carbocycles. The van der Waals surface area contributed by atoms with Gasteiger partial charge in [0.2, 0.25) is 0 Å². The molecule has 38 heavy (non-hydrogen) atoms. The van der Waals surface area contributed by atoms with E-state index in [1.165, 1.54) is 24.3 Å². The summed E-state index contributed by atoms with van der Waals surface area (Å²) in [7, 11) is 5.82. The van der Waals surface area contributed by atoms with Gasteiger partial charge < -0.3 is 15.1 Å². The van der Waals surface area contributed by atoms with E-state index in [0.717, 1.165) is 30.2 Å². The Bertz CT molecular complexity index is 1390. The van der Waals surface area contributed by atoms with Gasteiger partial charge in [-0.1, -0.05) is 12.1 Å². The van der Waals surface area contributed by atoms with E-state index in [1.807, 2.05) is 44.2 Å². The Labute approximate surface area is 219 Å². The smallest absolute Gasteiger partial charge is 0.284 e. The fourth-order valence-corrected chi connectivity index (χ4v) is 4.43. The van der Waals surface area contributed by atoms with Gasteiger partial charge in [-0.25, -0.2) is 8.78 Å². The van der Waals surface area contributed by atoms with Crippen molar-refractivity contribution in [3.8, 4) is 0 Å². The molecule has 1 aliphatic heterocycles. The second kappa shape index (κ2) is 11.5. The number of halogens is 2. The molecule has 0 aliphatic carbocycles. The lowest BCUT2D eigenvalue weighted by molar-refractivity contribution is -0.385. The molecule has 1 amide bonds. The molecular formula is C28H29F2N5O3. The summed E-state index contributed by atoms with van der Waals surface area (Å²) in [5, 5.41) is 14.5. The van der Waals surface area contributed by atoms with Crippen LogP contribution >= 0.6 is 0 Å². The number of nitro benzene ring substituents is 1. The third-order valence-corrected chi connectivity index (χ3v) is 6.36. The van der Waals surface area contributed by atoms with Crippen molar-refractivity contribution in [1.29, 1.82) is 0 Å². The van der Waals surface area contributed by atoms with E-state index in [1.54, 1.807) is 6.07 Å². The van der Waals surface area contributed by atoms with Gasteiger partial charge >= 0.3 is 0 Å². The summed E-state index contributed by atoms with van der Waals surface area (Å²) in [6.45, 7) is 1.94. The number of fused-ring (bicyclic) bond motifs is 1. The molecule has 0 fully saturated rings. The SMILES string of the molecule is CN(C)CCCN(C)c1ccc(C(=O)NC2=NCc3ccc(Cc4cc(F)cc(F)c4)cc32)c([N+](=O)[O-])c1. The summed E-state index contributed by atoms with van der Waals surface area (Å²) in [5.74, 6) is -1.63. The Kier molecular flexibility index (Phi) is 8.11. The largest absolute Gasteiger partial charge is 0.374 e. The molecular weight excluding hydrogens is 492 g/mol. The number of carbonyl (C=O) groups is 1. The highest BCUT2D eigenvalue weighted by Gasteiger charge is 2.25. The number of benzene rings is 3. The van der Waals surface area contributed by atoms with Gasteiger partial charge in [0.05, 0.1) is 11.5 Å². The minimum absolute atomic E-state index is 0.0667. The molecule has 4 rings (SSSR count). The fraction of sp³-hybridized carbons (Fsp3) is 0.286. The molecule has 0 radical (unpaired) electrons. The zero-order valence-corrected chi connectivity index (χ0v) is 21.5. The minimum atomic E-state index is -0.650. The van der Waals surface area contributed by atoms with E-state index >= 15 is 0 Å². The predicted molar refractivity (Wildman–Crippen MR) is 143 cm³/mol. The summed E-state index contributed by atoms with van der Waals surface area (Å²) in [6, 6.07) is 13.4. The van der Waals surface area contributed by atoms with Crippen LogP contribution < -0.4 is 10.2 Å². The average Bonchev–Trinajstić information content (AvgIpc) is 3.24. The first-order valence-electron chi connectivity index (χ1n) is 12.2. The number of nitrogens with zero attached hydrogens (tertiary/aromatic N) is 4. The van der Waals surface area contributed by atoms with Crippen molar-refractivity contribution in [2.75, 3.05) is 39.1 Å². The van der Waals surface area contributed by atoms with Crippen LogP contribution in [0.5, 0.6) is 0 Å². The first-order chi connectivity index (χ1) is 18.1. The number of rotatable bonds is 9. The van der Waals surface area contributed by atoms with Crippen molar-refractivity contribution in [1.82, 2.24) is 10.2 Å². The standard InChI is InChI=1S/C28H29F2N5O3/c1-33(2)9-4-10-34(3)23-7-8-24(26(16-23)35(37)38)28(36)32-27-25-14-18(5-6-20(25)17-31-27)11-19-12-21(29)15-22(30)13-19/h5-8,12-16H,4,9-11,17H2,1-3H3,(H,31,32,36). The molecule has 0 aromatic heterocycles. The van der Waals surface area contributed by atoms with Crippen molar-refractivity contribution in [2.24, 2.45) is 4.99 Å². The summed E-state index contributed by atoms with van der Waals surface area (Å²) in [5.41, 5.74) is 3.10. The second-order valence-electron chi connectivity index (χ2n) is 9.60. The maximum absolute atomic E-state index is 13.6. The fourth-order valence-electron chi connectivity index (χ4n) is 4.43. The quantitative estimate of drug-likeness (QED) is 0.330. The first kappa shape index (κ1) is 26.9. The van der Waals surface area contributed by atoms with Crippen molar-refractivity contribution < 1.29 is 18.5 Å². The van der Waals surface area contributed by atoms with Gasteiger partial charge in [0, 0.05) is 37.0 Å². The Morgan fingerprint density at radius 2 is 1.74 bits per heavy atom. The normalized spacial score (nSPS) is 12.3. The highest BCUT2D eigenvalue weighted by molar-refractivity contribution is 6.15. The minimum Gasteiger partial charge on any atom is -0.374 e. The summed E-state index contributed by atoms with van der Waals surface area (Å²) < 4.78 is 27.2. The van der Waals surface area contributed by atoms with Gasteiger partial charge in [-0.05, 0) is 80.5 Å². The molecule has 1 heterocycles. The molecule has 0 atom stereocenters. The highest BCUT2D eigenvalue weighted by atomic mass is 19.1. The Hall–Kier alpha value is -4.18. The molecule has 0 saturated heterocycles. The van der Waals surface area contributed by atoms with Gasteiger partial charge in [-0.3, -0.25) is 19.9 Å². The summed E-state index contributed by atoms with van der Waals surface area (Å²) >= 11 is 0. The van der Waals surface area contributed by atoms with E-state index < -0.39 is 22.5 Å². The monoisotopic (exact) mass is 521 g/mol. The van der Waals surface area contributed by atoms with Gasteiger partial charge in [0.25, 0.3) is 11.6 Å². The van der Waals surface area contributed by atoms with Crippen LogP contribution in [-0.2, 0) is 13.0 Å². The van der Waals surface area contributed by atoms with Crippen molar-refractivity contribution in [2.45, 2.75) is 19.4 Å². The molecule has 0 unspecified atom stereocenters. The summed E-state index contributed by atoms with van der Waals surface area (Å²) in [6.07, 6.45) is 1.17. The Morgan fingerprint density at radius 3 is 2.42 bits per heavy atom. The van der Waals surface area contributed by atoms with Crippen LogP contribution in [0.3, 0.4) is 0 Å². The molecule has 3 aromatic carbocycles. The van der Waals surface area contributed by atoms with Crippen LogP contribution in [0.4, 0.5) is 20.2 Å². The number of carbonyl (C=O) groups excluding carboxylic acids is 1. The second-order valence-corrected chi connectivity index (χ2v) is 9.60. The molecule has 1 aliphatic rings. The van der Waals surface area contributed by atoms with Crippen LogP contribution in [0.15, 0.2) is 59.6 Å². The lowest BCUT2D eigenvalue weighted by Gasteiger charge is -2.20. The van der Waals surface area contributed by atoms with Crippen molar-refractivity contribution >= 4 is 23.1 Å². The number of hydrogen-bond donors (Lipinski definition) is 1. The zero-order valence-electron chi connectivity index (χ0n) is 21.5. The van der Waals surface area contributed by atoms with E-state index in [4.69, 9.17) is 0 Å².